The summed E-state index contributed by atoms with van der Waals surface area (Å²) in [7, 11) is 2.77. The Kier molecular flexibility index (Phi) is 3.29. The summed E-state index contributed by atoms with van der Waals surface area (Å²) >= 11 is 0. The van der Waals surface area contributed by atoms with Crippen molar-refractivity contribution in [2.24, 2.45) is 0 Å². The van der Waals surface area contributed by atoms with Crippen LogP contribution in [0, 0.1) is 13.8 Å². The van der Waals surface area contributed by atoms with E-state index in [2.05, 4.69) is 42.1 Å². The summed E-state index contributed by atoms with van der Waals surface area (Å²) in [6.45, 7) is 6.62. The number of rotatable bonds is 2. The van der Waals surface area contributed by atoms with Crippen LogP contribution in [0.25, 0.3) is 0 Å². The van der Waals surface area contributed by atoms with Gasteiger partial charge in [-0.1, -0.05) is 25.5 Å². The minimum atomic E-state index is 1.20. The second-order valence-electron chi connectivity index (χ2n) is 3.37. The number of aryl methyl sites for hydroxylation is 2. The molecule has 0 aliphatic carbocycles. The summed E-state index contributed by atoms with van der Waals surface area (Å²) in [6, 6.07) is 4.50. The first kappa shape index (κ1) is 9.74. The van der Waals surface area contributed by atoms with E-state index in [9.17, 15) is 0 Å². The lowest BCUT2D eigenvalue weighted by atomic mass is 10.0. The van der Waals surface area contributed by atoms with Crippen LogP contribution in [0.5, 0.6) is 0 Å². The van der Waals surface area contributed by atoms with Gasteiger partial charge in [0.2, 0.25) is 0 Å². The van der Waals surface area contributed by atoms with Gasteiger partial charge in [-0.25, -0.2) is 0 Å². The monoisotopic (exact) mass is 180 g/mol. The molecule has 0 heterocycles. The summed E-state index contributed by atoms with van der Waals surface area (Å²) in [5.41, 5.74) is 4.37. The van der Waals surface area contributed by atoms with Crippen LogP contribution in [0.3, 0.4) is 0 Å². The zero-order chi connectivity index (χ0) is 9.14. The molecule has 66 valence electrons. The van der Waals surface area contributed by atoms with Crippen molar-refractivity contribution in [2.75, 3.05) is 0 Å². The quantitative estimate of drug-likeness (QED) is 0.614. The van der Waals surface area contributed by atoms with E-state index < -0.39 is 0 Å². The van der Waals surface area contributed by atoms with E-state index in [0.29, 0.717) is 0 Å². The molecule has 0 N–H and O–H groups in total. The van der Waals surface area contributed by atoms with E-state index in [1.165, 1.54) is 34.8 Å². The van der Waals surface area contributed by atoms with Crippen molar-refractivity contribution in [3.05, 3.63) is 28.8 Å². The number of hydrogen-bond acceptors (Lipinski definition) is 0. The van der Waals surface area contributed by atoms with Gasteiger partial charge in [-0.3, -0.25) is 0 Å². The summed E-state index contributed by atoms with van der Waals surface area (Å²) in [5.74, 6) is 0. The molecule has 0 saturated carbocycles. The fraction of sp³-hybridized carbons (Fsp3) is 0.455. The Balaban J connectivity index is 3.09. The third-order valence-corrected chi connectivity index (χ3v) is 2.65. The fourth-order valence-corrected chi connectivity index (χ4v) is 1.94. The average Bonchev–Trinajstić information content (AvgIpc) is 2.00. The van der Waals surface area contributed by atoms with Crippen LogP contribution < -0.4 is 5.30 Å². The molecule has 0 bridgehead atoms. The standard InChI is InChI=1S/C11H17P/c1-4-5-10-7-11(12)6-8(2)9(10)3/h6-7H,4-5,12H2,1-3H3. The minimum absolute atomic E-state index is 1.20. The van der Waals surface area contributed by atoms with Crippen molar-refractivity contribution in [2.45, 2.75) is 33.6 Å². The molecule has 0 aliphatic heterocycles. The van der Waals surface area contributed by atoms with Crippen LogP contribution >= 0.6 is 9.24 Å². The van der Waals surface area contributed by atoms with Gasteiger partial charge < -0.3 is 0 Å². The molecule has 1 rings (SSSR count). The van der Waals surface area contributed by atoms with Crippen LogP contribution in [0.4, 0.5) is 0 Å². The molecule has 1 heteroatoms. The summed E-state index contributed by atoms with van der Waals surface area (Å²) in [5, 5.41) is 1.31. The Hall–Kier alpha value is -0.350. The number of hydrogen-bond donors (Lipinski definition) is 0. The van der Waals surface area contributed by atoms with Crippen LogP contribution in [-0.4, -0.2) is 0 Å². The molecule has 0 amide bonds. The maximum atomic E-state index is 2.77. The van der Waals surface area contributed by atoms with E-state index in [-0.39, 0.29) is 0 Å². The molecule has 0 radical (unpaired) electrons. The first-order valence-electron chi connectivity index (χ1n) is 4.50. The van der Waals surface area contributed by atoms with Gasteiger partial charge in [0.05, 0.1) is 0 Å². The largest absolute Gasteiger partial charge is 0.106 e. The smallest absolute Gasteiger partial charge is 0.0279 e. The molecular formula is C11H17P. The van der Waals surface area contributed by atoms with Gasteiger partial charge in [0.1, 0.15) is 0 Å². The summed E-state index contributed by atoms with van der Waals surface area (Å²) in [4.78, 5) is 0. The molecule has 0 fully saturated rings. The van der Waals surface area contributed by atoms with Gasteiger partial charge >= 0.3 is 0 Å². The molecule has 0 saturated heterocycles. The summed E-state index contributed by atoms with van der Waals surface area (Å²) < 4.78 is 0. The normalized spacial score (nSPS) is 10.3. The molecule has 1 aromatic rings. The highest BCUT2D eigenvalue weighted by Crippen LogP contribution is 2.14. The molecule has 1 aromatic carbocycles. The van der Waals surface area contributed by atoms with Gasteiger partial charge in [0.25, 0.3) is 0 Å². The molecule has 1 atom stereocenters. The maximum Gasteiger partial charge on any atom is -0.0279 e. The van der Waals surface area contributed by atoms with E-state index in [4.69, 9.17) is 0 Å². The molecule has 12 heavy (non-hydrogen) atoms. The Morgan fingerprint density at radius 3 is 2.50 bits per heavy atom. The van der Waals surface area contributed by atoms with Crippen LogP contribution in [-0.2, 0) is 6.42 Å². The third-order valence-electron chi connectivity index (χ3n) is 2.32. The second-order valence-corrected chi connectivity index (χ2v) is 4.04. The second kappa shape index (κ2) is 4.05. The van der Waals surface area contributed by atoms with Gasteiger partial charge in [0, 0.05) is 0 Å². The predicted octanol–water partition coefficient (Wildman–Crippen LogP) is 2.76. The van der Waals surface area contributed by atoms with E-state index >= 15 is 0 Å². The Bertz CT molecular complexity index is 277. The molecule has 0 nitrogen and oxygen atoms in total. The van der Waals surface area contributed by atoms with E-state index in [1.807, 2.05) is 0 Å². The van der Waals surface area contributed by atoms with Gasteiger partial charge in [-0.2, -0.15) is 0 Å². The Labute approximate surface area is 77.6 Å². The lowest BCUT2D eigenvalue weighted by molar-refractivity contribution is 0.911. The number of benzene rings is 1. The van der Waals surface area contributed by atoms with E-state index in [0.717, 1.165) is 0 Å². The molecule has 0 spiro atoms. The highest BCUT2D eigenvalue weighted by molar-refractivity contribution is 7.27. The molecule has 0 aliphatic rings. The van der Waals surface area contributed by atoms with Crippen molar-refractivity contribution in [3.63, 3.8) is 0 Å². The van der Waals surface area contributed by atoms with Gasteiger partial charge in [0.15, 0.2) is 0 Å². The molecular weight excluding hydrogens is 163 g/mol. The predicted molar refractivity (Wildman–Crippen MR) is 59.3 cm³/mol. The van der Waals surface area contributed by atoms with Crippen molar-refractivity contribution in [1.82, 2.24) is 0 Å². The average molecular weight is 180 g/mol. The Morgan fingerprint density at radius 1 is 1.25 bits per heavy atom. The fourth-order valence-electron chi connectivity index (χ4n) is 1.49. The van der Waals surface area contributed by atoms with Crippen molar-refractivity contribution in [1.29, 1.82) is 0 Å². The van der Waals surface area contributed by atoms with Crippen LogP contribution in [0.1, 0.15) is 30.0 Å². The molecule has 1 unspecified atom stereocenters. The lowest BCUT2D eigenvalue weighted by Gasteiger charge is -2.08. The highest BCUT2D eigenvalue weighted by atomic mass is 31.0. The van der Waals surface area contributed by atoms with Crippen LogP contribution in [0.2, 0.25) is 0 Å². The van der Waals surface area contributed by atoms with E-state index in [1.54, 1.807) is 0 Å². The molecule has 0 aromatic heterocycles. The zero-order valence-electron chi connectivity index (χ0n) is 8.15. The maximum absolute atomic E-state index is 2.77. The third kappa shape index (κ3) is 2.08. The van der Waals surface area contributed by atoms with Crippen molar-refractivity contribution >= 4 is 14.5 Å². The SMILES string of the molecule is CCCc1cc(P)cc(C)c1C. The Morgan fingerprint density at radius 2 is 1.92 bits per heavy atom. The highest BCUT2D eigenvalue weighted by Gasteiger charge is 2.00. The van der Waals surface area contributed by atoms with Gasteiger partial charge in [-0.05, 0) is 42.3 Å². The first-order valence-corrected chi connectivity index (χ1v) is 5.08. The lowest BCUT2D eigenvalue weighted by Crippen LogP contribution is -2.00. The van der Waals surface area contributed by atoms with Crippen molar-refractivity contribution < 1.29 is 0 Å². The van der Waals surface area contributed by atoms with Crippen LogP contribution in [0.15, 0.2) is 12.1 Å². The topological polar surface area (TPSA) is 0 Å². The zero-order valence-corrected chi connectivity index (χ0v) is 9.30. The van der Waals surface area contributed by atoms with Crippen molar-refractivity contribution in [3.8, 4) is 0 Å². The van der Waals surface area contributed by atoms with Gasteiger partial charge in [-0.15, -0.1) is 9.24 Å². The minimum Gasteiger partial charge on any atom is -0.106 e. The summed E-state index contributed by atoms with van der Waals surface area (Å²) in [6.07, 6.45) is 2.43. The first-order chi connectivity index (χ1) is 5.65.